The third kappa shape index (κ3) is 7.38. The Morgan fingerprint density at radius 2 is 1.39 bits per heavy atom. The molecule has 0 saturated carbocycles. The van der Waals surface area contributed by atoms with Crippen LogP contribution in [0.5, 0.6) is 6.01 Å². The number of benzene rings is 2. The maximum absolute atomic E-state index is 6.01. The predicted octanol–water partition coefficient (Wildman–Crippen LogP) is 5.21. The van der Waals surface area contributed by atoms with Gasteiger partial charge in [0.1, 0.15) is 12.4 Å². The van der Waals surface area contributed by atoms with Crippen molar-refractivity contribution in [3.63, 3.8) is 0 Å². The van der Waals surface area contributed by atoms with E-state index in [0.717, 1.165) is 68.2 Å². The average Bonchev–Trinajstić information content (AvgIpc) is 2.96. The van der Waals surface area contributed by atoms with Crippen LogP contribution in [0.3, 0.4) is 0 Å². The molecular weight excluding hydrogens is 452 g/mol. The lowest BCUT2D eigenvalue weighted by Gasteiger charge is -2.29. The number of hydrogen-bond acceptors (Lipinski definition) is 7. The van der Waals surface area contributed by atoms with Crippen LogP contribution >= 0.6 is 0 Å². The first kappa shape index (κ1) is 27.8. The molecule has 0 atom stereocenters. The second kappa shape index (κ2) is 14.7. The minimum Gasteiger partial charge on any atom is -0.462 e. The van der Waals surface area contributed by atoms with Crippen LogP contribution < -0.4 is 9.64 Å². The zero-order chi connectivity index (χ0) is 25.8. The Morgan fingerprint density at radius 3 is 2.06 bits per heavy atom. The van der Waals surface area contributed by atoms with Crippen molar-refractivity contribution in [3.8, 4) is 17.1 Å². The van der Waals surface area contributed by atoms with E-state index in [-0.39, 0.29) is 0 Å². The molecule has 0 unspecified atom stereocenters. The molecule has 0 amide bonds. The Hall–Kier alpha value is -2.74. The van der Waals surface area contributed by atoms with Crippen molar-refractivity contribution < 1.29 is 14.2 Å². The fraction of sp³-hybridized carbons (Fsp3) is 0.517. The van der Waals surface area contributed by atoms with Gasteiger partial charge in [0.2, 0.25) is 0 Å². The number of hydrogen-bond donors (Lipinski definition) is 0. The lowest BCUT2D eigenvalue weighted by molar-refractivity contribution is 0.0317. The summed E-state index contributed by atoms with van der Waals surface area (Å²) in [6.07, 6.45) is 0. The minimum absolute atomic E-state index is 0.440. The van der Waals surface area contributed by atoms with Crippen LogP contribution in [0, 0.1) is 6.92 Å². The van der Waals surface area contributed by atoms with Crippen molar-refractivity contribution in [3.05, 3.63) is 48.0 Å². The molecule has 0 bridgehead atoms. The summed E-state index contributed by atoms with van der Waals surface area (Å²) in [6, 6.07) is 15.4. The van der Waals surface area contributed by atoms with Crippen LogP contribution in [-0.4, -0.2) is 80.6 Å². The molecular formula is C29H42N4O3. The van der Waals surface area contributed by atoms with Gasteiger partial charge in [-0.05, 0) is 30.2 Å². The summed E-state index contributed by atoms with van der Waals surface area (Å²) in [5.74, 6) is 0.925. The van der Waals surface area contributed by atoms with Gasteiger partial charge in [0.25, 0.3) is 0 Å². The minimum atomic E-state index is 0.440. The van der Waals surface area contributed by atoms with Gasteiger partial charge in [-0.15, -0.1) is 0 Å². The van der Waals surface area contributed by atoms with E-state index in [9.17, 15) is 0 Å². The van der Waals surface area contributed by atoms with Gasteiger partial charge in [0.05, 0.1) is 31.9 Å². The first-order chi connectivity index (χ1) is 17.8. The Kier molecular flexibility index (Phi) is 11.4. The standard InChI is InChI=1S/C25H30N4O3.2C2H6/c1-19-2-4-20(5-3-19)21-6-7-23-22(18-21)24(29-11-15-31-16-12-29)27-25(26-23)32-17-10-28-8-13-30-14-9-28;2*1-2/h2-7,18H,8-17H2,1H3;2*1-2H3. The van der Waals surface area contributed by atoms with Crippen LogP contribution in [-0.2, 0) is 9.47 Å². The molecule has 1 aromatic heterocycles. The fourth-order valence-corrected chi connectivity index (χ4v) is 4.19. The van der Waals surface area contributed by atoms with Crippen LogP contribution in [0.2, 0.25) is 0 Å². The zero-order valence-electron chi connectivity index (χ0n) is 22.6. The molecule has 2 saturated heterocycles. The Balaban J connectivity index is 0.000000861. The van der Waals surface area contributed by atoms with Crippen molar-refractivity contribution in [1.29, 1.82) is 0 Å². The second-order valence-corrected chi connectivity index (χ2v) is 8.33. The van der Waals surface area contributed by atoms with Gasteiger partial charge in [-0.1, -0.05) is 63.6 Å². The Bertz CT molecular complexity index is 1050. The molecule has 7 heteroatoms. The van der Waals surface area contributed by atoms with E-state index in [0.29, 0.717) is 25.8 Å². The number of anilines is 1. The molecule has 196 valence electrons. The first-order valence-corrected chi connectivity index (χ1v) is 13.4. The number of fused-ring (bicyclic) bond motifs is 1. The van der Waals surface area contributed by atoms with E-state index in [4.69, 9.17) is 24.2 Å². The van der Waals surface area contributed by atoms with Crippen molar-refractivity contribution in [2.75, 3.05) is 70.7 Å². The van der Waals surface area contributed by atoms with Crippen LogP contribution in [0.1, 0.15) is 33.3 Å². The number of aromatic nitrogens is 2. The van der Waals surface area contributed by atoms with Gasteiger partial charge in [-0.2, -0.15) is 9.97 Å². The maximum Gasteiger partial charge on any atom is 0.318 e. The molecule has 2 aromatic carbocycles. The van der Waals surface area contributed by atoms with Crippen molar-refractivity contribution in [2.24, 2.45) is 0 Å². The maximum atomic E-state index is 6.01. The lowest BCUT2D eigenvalue weighted by atomic mass is 10.0. The average molecular weight is 495 g/mol. The van der Waals surface area contributed by atoms with Gasteiger partial charge < -0.3 is 19.1 Å². The Labute approximate surface area is 216 Å². The molecule has 36 heavy (non-hydrogen) atoms. The summed E-state index contributed by atoms with van der Waals surface area (Å²) in [7, 11) is 0. The highest BCUT2D eigenvalue weighted by Gasteiger charge is 2.19. The summed E-state index contributed by atoms with van der Waals surface area (Å²) in [5, 5.41) is 1.05. The molecule has 2 aliphatic rings. The SMILES string of the molecule is CC.CC.Cc1ccc(-c2ccc3nc(OCCN4CCOCC4)nc(N4CCOCC4)c3c2)cc1. The molecule has 3 heterocycles. The monoisotopic (exact) mass is 494 g/mol. The highest BCUT2D eigenvalue weighted by Crippen LogP contribution is 2.31. The van der Waals surface area contributed by atoms with Crippen LogP contribution in [0.4, 0.5) is 5.82 Å². The summed E-state index contributed by atoms with van der Waals surface area (Å²) < 4.78 is 17.0. The van der Waals surface area contributed by atoms with Gasteiger partial charge in [0.15, 0.2) is 0 Å². The second-order valence-electron chi connectivity index (χ2n) is 8.33. The van der Waals surface area contributed by atoms with Gasteiger partial charge in [-0.3, -0.25) is 4.90 Å². The van der Waals surface area contributed by atoms with E-state index in [1.807, 2.05) is 27.7 Å². The quantitative estimate of drug-likeness (QED) is 0.466. The van der Waals surface area contributed by atoms with Gasteiger partial charge >= 0.3 is 6.01 Å². The topological polar surface area (TPSA) is 60.0 Å². The van der Waals surface area contributed by atoms with Crippen LogP contribution in [0.15, 0.2) is 42.5 Å². The number of ether oxygens (including phenoxy) is 3. The summed E-state index contributed by atoms with van der Waals surface area (Å²) in [4.78, 5) is 14.2. The van der Waals surface area contributed by atoms with E-state index in [2.05, 4.69) is 59.2 Å². The molecule has 0 aliphatic carbocycles. The smallest absolute Gasteiger partial charge is 0.318 e. The summed E-state index contributed by atoms with van der Waals surface area (Å²) in [5.41, 5.74) is 4.51. The number of aryl methyl sites for hydroxylation is 1. The molecule has 2 aliphatic heterocycles. The largest absolute Gasteiger partial charge is 0.462 e. The summed E-state index contributed by atoms with van der Waals surface area (Å²) in [6.45, 7) is 18.0. The van der Waals surface area contributed by atoms with E-state index in [1.54, 1.807) is 0 Å². The van der Waals surface area contributed by atoms with Gasteiger partial charge in [0, 0.05) is 38.1 Å². The highest BCUT2D eigenvalue weighted by molar-refractivity contribution is 5.93. The van der Waals surface area contributed by atoms with Gasteiger partial charge in [-0.25, -0.2) is 0 Å². The molecule has 3 aromatic rings. The number of morpholine rings is 2. The molecule has 7 nitrogen and oxygen atoms in total. The first-order valence-electron chi connectivity index (χ1n) is 13.4. The zero-order valence-corrected chi connectivity index (χ0v) is 22.6. The third-order valence-electron chi connectivity index (χ3n) is 6.09. The molecule has 0 N–H and O–H groups in total. The van der Waals surface area contributed by atoms with Crippen LogP contribution in [0.25, 0.3) is 22.0 Å². The van der Waals surface area contributed by atoms with E-state index < -0.39 is 0 Å². The normalized spacial score (nSPS) is 16.0. The van der Waals surface area contributed by atoms with Crippen molar-refractivity contribution >= 4 is 16.7 Å². The van der Waals surface area contributed by atoms with Crippen molar-refractivity contribution in [1.82, 2.24) is 14.9 Å². The lowest BCUT2D eigenvalue weighted by Crippen LogP contribution is -2.39. The van der Waals surface area contributed by atoms with E-state index >= 15 is 0 Å². The fourth-order valence-electron chi connectivity index (χ4n) is 4.19. The van der Waals surface area contributed by atoms with E-state index in [1.165, 1.54) is 11.1 Å². The molecule has 0 spiro atoms. The third-order valence-corrected chi connectivity index (χ3v) is 6.09. The predicted molar refractivity (Wildman–Crippen MR) is 148 cm³/mol. The van der Waals surface area contributed by atoms with Crippen molar-refractivity contribution in [2.45, 2.75) is 34.6 Å². The molecule has 5 rings (SSSR count). The summed E-state index contributed by atoms with van der Waals surface area (Å²) >= 11 is 0. The number of nitrogens with zero attached hydrogens (tertiary/aromatic N) is 4. The molecule has 0 radical (unpaired) electrons. The highest BCUT2D eigenvalue weighted by atomic mass is 16.5. The Morgan fingerprint density at radius 1 is 0.778 bits per heavy atom. The molecule has 2 fully saturated rings. The number of rotatable bonds is 6.